The van der Waals surface area contributed by atoms with Crippen LogP contribution in [-0.4, -0.2) is 14.7 Å². The monoisotopic (exact) mass is 149 g/mol. The molecule has 0 amide bonds. The molecule has 56 valence electrons. The second kappa shape index (κ2) is 1.88. The Labute approximate surface area is 62.9 Å². The van der Waals surface area contributed by atoms with Crippen molar-refractivity contribution in [1.29, 1.82) is 0 Å². The van der Waals surface area contributed by atoms with Crippen LogP contribution in [0, 0.1) is 0 Å². The van der Waals surface area contributed by atoms with E-state index in [1.165, 1.54) is 0 Å². The number of anilines is 1. The first kappa shape index (κ1) is 6.03. The summed E-state index contributed by atoms with van der Waals surface area (Å²) in [5.41, 5.74) is 6.46. The summed E-state index contributed by atoms with van der Waals surface area (Å²) in [6.07, 6.45) is 3.30. The quantitative estimate of drug-likeness (QED) is 0.577. The van der Waals surface area contributed by atoms with Gasteiger partial charge in [-0.1, -0.05) is 0 Å². The fourth-order valence-electron chi connectivity index (χ4n) is 0.998. The molecule has 0 saturated heterocycles. The van der Waals surface area contributed by atoms with Crippen LogP contribution < -0.4 is 5.73 Å². The van der Waals surface area contributed by atoms with Crippen molar-refractivity contribution in [2.24, 2.45) is 0 Å². The molecule has 11 heavy (non-hydrogen) atoms. The number of nitrogens with zero attached hydrogens (tertiary/aromatic N) is 2. The number of fused-ring (bicyclic) bond motifs is 1. The number of pyridine rings is 1. The summed E-state index contributed by atoms with van der Waals surface area (Å²) < 4.78 is 1.56. The summed E-state index contributed by atoms with van der Waals surface area (Å²) in [4.78, 5) is 0. The van der Waals surface area contributed by atoms with E-state index in [0.29, 0.717) is 11.2 Å². The van der Waals surface area contributed by atoms with Crippen molar-refractivity contribution in [2.45, 2.75) is 0 Å². The van der Waals surface area contributed by atoms with Gasteiger partial charge >= 0.3 is 0 Å². The summed E-state index contributed by atoms with van der Waals surface area (Å²) in [6.45, 7) is 0. The predicted molar refractivity (Wildman–Crippen MR) is 41.3 cm³/mol. The molecule has 0 aromatic carbocycles. The Bertz CT molecular complexity index is 393. The van der Waals surface area contributed by atoms with E-state index in [-0.39, 0.29) is 5.75 Å². The van der Waals surface area contributed by atoms with E-state index < -0.39 is 0 Å². The Balaban J connectivity index is 2.93. The highest BCUT2D eigenvalue weighted by atomic mass is 16.3. The van der Waals surface area contributed by atoms with Gasteiger partial charge in [-0.2, -0.15) is 5.10 Å². The van der Waals surface area contributed by atoms with Crippen LogP contribution in [0.25, 0.3) is 5.52 Å². The fourth-order valence-corrected chi connectivity index (χ4v) is 0.998. The maximum atomic E-state index is 9.36. The molecule has 2 heterocycles. The lowest BCUT2D eigenvalue weighted by molar-refractivity contribution is 0.481. The van der Waals surface area contributed by atoms with Gasteiger partial charge in [0.05, 0.1) is 11.9 Å². The Kier molecular flexibility index (Phi) is 1.03. The third-order valence-corrected chi connectivity index (χ3v) is 1.58. The third-order valence-electron chi connectivity index (χ3n) is 1.58. The molecule has 0 spiro atoms. The van der Waals surface area contributed by atoms with Gasteiger partial charge in [-0.15, -0.1) is 0 Å². The van der Waals surface area contributed by atoms with Gasteiger partial charge in [0.25, 0.3) is 0 Å². The molecule has 0 saturated carbocycles. The highest BCUT2D eigenvalue weighted by molar-refractivity contribution is 5.69. The van der Waals surface area contributed by atoms with Crippen molar-refractivity contribution >= 4 is 11.2 Å². The smallest absolute Gasteiger partial charge is 0.164 e. The summed E-state index contributed by atoms with van der Waals surface area (Å²) in [6, 6.07) is 3.31. The molecule has 2 aromatic heterocycles. The Hall–Kier alpha value is -1.71. The van der Waals surface area contributed by atoms with Gasteiger partial charge in [0.2, 0.25) is 0 Å². The molecule has 0 aliphatic heterocycles. The standard InChI is InChI=1S/C7H7N3O/c8-5-2-4-10-6(7(5)11)1-3-9-10/h1-4,11H,8H2. The van der Waals surface area contributed by atoms with E-state index in [0.717, 1.165) is 0 Å². The molecular formula is C7H7N3O. The number of nitrogen functional groups attached to an aromatic ring is 1. The lowest BCUT2D eigenvalue weighted by Gasteiger charge is -1.99. The lowest BCUT2D eigenvalue weighted by atomic mass is 10.3. The zero-order valence-electron chi connectivity index (χ0n) is 5.73. The van der Waals surface area contributed by atoms with Gasteiger partial charge in [-0.05, 0) is 12.1 Å². The molecular weight excluding hydrogens is 142 g/mol. The highest BCUT2D eigenvalue weighted by Crippen LogP contribution is 2.24. The first-order chi connectivity index (χ1) is 5.29. The number of aromatic hydroxyl groups is 1. The van der Waals surface area contributed by atoms with Crippen molar-refractivity contribution < 1.29 is 5.11 Å². The van der Waals surface area contributed by atoms with Crippen LogP contribution in [0.5, 0.6) is 5.75 Å². The Morgan fingerprint density at radius 1 is 1.45 bits per heavy atom. The van der Waals surface area contributed by atoms with Crippen LogP contribution in [0.1, 0.15) is 0 Å². The number of aromatic nitrogens is 2. The molecule has 0 atom stereocenters. The Morgan fingerprint density at radius 2 is 2.27 bits per heavy atom. The second-order valence-corrected chi connectivity index (χ2v) is 2.28. The topological polar surface area (TPSA) is 63.5 Å². The number of hydrogen-bond donors (Lipinski definition) is 2. The van der Waals surface area contributed by atoms with Gasteiger partial charge in [0, 0.05) is 6.20 Å². The van der Waals surface area contributed by atoms with E-state index in [2.05, 4.69) is 5.10 Å². The maximum Gasteiger partial charge on any atom is 0.164 e. The summed E-state index contributed by atoms with van der Waals surface area (Å²) in [7, 11) is 0. The van der Waals surface area contributed by atoms with E-state index in [1.54, 1.807) is 29.0 Å². The van der Waals surface area contributed by atoms with Gasteiger partial charge in [-0.25, -0.2) is 4.52 Å². The van der Waals surface area contributed by atoms with Crippen molar-refractivity contribution in [3.8, 4) is 5.75 Å². The number of rotatable bonds is 0. The van der Waals surface area contributed by atoms with Crippen LogP contribution in [0.4, 0.5) is 5.69 Å². The van der Waals surface area contributed by atoms with Crippen LogP contribution >= 0.6 is 0 Å². The average molecular weight is 149 g/mol. The van der Waals surface area contributed by atoms with Crippen molar-refractivity contribution in [3.05, 3.63) is 24.5 Å². The van der Waals surface area contributed by atoms with Crippen LogP contribution in [0.15, 0.2) is 24.5 Å². The maximum absolute atomic E-state index is 9.36. The van der Waals surface area contributed by atoms with Crippen LogP contribution in [0.3, 0.4) is 0 Å². The summed E-state index contributed by atoms with van der Waals surface area (Å²) in [5, 5.41) is 13.3. The average Bonchev–Trinajstić information content (AvgIpc) is 2.45. The minimum atomic E-state index is 0.0880. The van der Waals surface area contributed by atoms with Gasteiger partial charge < -0.3 is 10.8 Å². The molecule has 2 rings (SSSR count). The van der Waals surface area contributed by atoms with Gasteiger partial charge in [0.1, 0.15) is 5.52 Å². The third kappa shape index (κ3) is 0.724. The van der Waals surface area contributed by atoms with Gasteiger partial charge in [-0.3, -0.25) is 0 Å². The van der Waals surface area contributed by atoms with Crippen LogP contribution in [-0.2, 0) is 0 Å². The molecule has 0 aliphatic carbocycles. The normalized spacial score (nSPS) is 10.5. The molecule has 0 fully saturated rings. The molecule has 0 radical (unpaired) electrons. The number of hydrogen-bond acceptors (Lipinski definition) is 3. The van der Waals surface area contributed by atoms with Crippen molar-refractivity contribution in [1.82, 2.24) is 9.61 Å². The largest absolute Gasteiger partial charge is 0.504 e. The van der Waals surface area contributed by atoms with Crippen LogP contribution in [0.2, 0.25) is 0 Å². The molecule has 0 unspecified atom stereocenters. The van der Waals surface area contributed by atoms with E-state index in [9.17, 15) is 5.11 Å². The van der Waals surface area contributed by atoms with Crippen molar-refractivity contribution in [2.75, 3.05) is 5.73 Å². The zero-order valence-corrected chi connectivity index (χ0v) is 5.73. The SMILES string of the molecule is Nc1ccn2nccc2c1O. The van der Waals surface area contributed by atoms with Crippen molar-refractivity contribution in [3.63, 3.8) is 0 Å². The molecule has 0 bridgehead atoms. The first-order valence-electron chi connectivity index (χ1n) is 3.20. The molecule has 3 N–H and O–H groups in total. The Morgan fingerprint density at radius 3 is 3.09 bits per heavy atom. The summed E-state index contributed by atoms with van der Waals surface area (Å²) in [5.74, 6) is 0.0880. The highest BCUT2D eigenvalue weighted by Gasteiger charge is 2.02. The lowest BCUT2D eigenvalue weighted by Crippen LogP contribution is -1.90. The van der Waals surface area contributed by atoms with E-state index in [4.69, 9.17) is 5.73 Å². The zero-order chi connectivity index (χ0) is 7.84. The van der Waals surface area contributed by atoms with E-state index >= 15 is 0 Å². The minimum absolute atomic E-state index is 0.0880. The fraction of sp³-hybridized carbons (Fsp3) is 0. The van der Waals surface area contributed by atoms with Gasteiger partial charge in [0.15, 0.2) is 5.75 Å². The molecule has 0 aliphatic rings. The molecule has 4 nitrogen and oxygen atoms in total. The van der Waals surface area contributed by atoms with E-state index in [1.807, 2.05) is 0 Å². The first-order valence-corrected chi connectivity index (χ1v) is 3.20. The number of nitrogens with two attached hydrogens (primary N) is 1. The second-order valence-electron chi connectivity index (χ2n) is 2.28. The molecule has 2 aromatic rings. The molecule has 4 heteroatoms. The summed E-state index contributed by atoms with van der Waals surface area (Å²) >= 11 is 0. The minimum Gasteiger partial charge on any atom is -0.504 e. The predicted octanol–water partition coefficient (Wildman–Crippen LogP) is 0.622.